The van der Waals surface area contributed by atoms with E-state index < -0.39 is 0 Å². The van der Waals surface area contributed by atoms with E-state index in [0.717, 1.165) is 0 Å². The van der Waals surface area contributed by atoms with Crippen molar-refractivity contribution in [2.24, 2.45) is 0 Å². The molecule has 0 spiro atoms. The van der Waals surface area contributed by atoms with E-state index in [1.807, 2.05) is 12.1 Å². The molecular weight excluding hydrogens is 212 g/mol. The lowest BCUT2D eigenvalue weighted by molar-refractivity contribution is 0.482. The second-order valence-corrected chi connectivity index (χ2v) is 3.38. The zero-order valence-corrected chi connectivity index (χ0v) is 8.92. The summed E-state index contributed by atoms with van der Waals surface area (Å²) in [5.74, 6) is 1.24. The van der Waals surface area contributed by atoms with Crippen molar-refractivity contribution in [2.45, 2.75) is 0 Å². The smallest absolute Gasteiger partial charge is 0.128 e. The van der Waals surface area contributed by atoms with Gasteiger partial charge in [-0.2, -0.15) is 10.5 Å². The zero-order valence-electron chi connectivity index (χ0n) is 8.92. The highest BCUT2D eigenvalue weighted by Crippen LogP contribution is 2.22. The molecule has 0 amide bonds. The summed E-state index contributed by atoms with van der Waals surface area (Å²) in [6, 6.07) is 17.8. The second-order valence-electron chi connectivity index (χ2n) is 3.38. The predicted octanol–water partition coefficient (Wildman–Crippen LogP) is 3.22. The van der Waals surface area contributed by atoms with Gasteiger partial charge in [0.1, 0.15) is 11.5 Å². The van der Waals surface area contributed by atoms with Crippen molar-refractivity contribution in [1.82, 2.24) is 0 Å². The quantitative estimate of drug-likeness (QED) is 0.780. The van der Waals surface area contributed by atoms with E-state index in [4.69, 9.17) is 15.3 Å². The first kappa shape index (κ1) is 10.7. The standard InChI is InChI=1S/C14H8N2O/c15-9-11-4-6-13(7-5-11)17-14-3-1-2-12(8-14)10-16/h1-8H. The van der Waals surface area contributed by atoms with Gasteiger partial charge in [-0.15, -0.1) is 0 Å². The summed E-state index contributed by atoms with van der Waals surface area (Å²) in [6.45, 7) is 0. The van der Waals surface area contributed by atoms with Crippen LogP contribution in [0.1, 0.15) is 11.1 Å². The van der Waals surface area contributed by atoms with Crippen molar-refractivity contribution < 1.29 is 4.74 Å². The molecule has 3 heteroatoms. The lowest BCUT2D eigenvalue weighted by atomic mass is 10.2. The average molecular weight is 220 g/mol. The minimum atomic E-state index is 0.552. The molecule has 0 atom stereocenters. The third-order valence-corrected chi connectivity index (χ3v) is 2.18. The van der Waals surface area contributed by atoms with Crippen molar-refractivity contribution >= 4 is 0 Å². The first-order chi connectivity index (χ1) is 8.31. The fraction of sp³-hybridized carbons (Fsp3) is 0. The molecule has 0 aliphatic rings. The minimum Gasteiger partial charge on any atom is -0.457 e. The Kier molecular flexibility index (Phi) is 3.05. The van der Waals surface area contributed by atoms with Gasteiger partial charge in [0.25, 0.3) is 0 Å². The molecule has 0 aliphatic carbocycles. The first-order valence-corrected chi connectivity index (χ1v) is 5.00. The third-order valence-electron chi connectivity index (χ3n) is 2.18. The third kappa shape index (κ3) is 2.62. The number of ether oxygens (including phenoxy) is 1. The van der Waals surface area contributed by atoms with Crippen LogP contribution < -0.4 is 4.74 Å². The number of hydrogen-bond donors (Lipinski definition) is 0. The Hall–Kier alpha value is -2.78. The van der Waals surface area contributed by atoms with Gasteiger partial charge in [0.2, 0.25) is 0 Å². The topological polar surface area (TPSA) is 56.8 Å². The normalized spacial score (nSPS) is 9.06. The van der Waals surface area contributed by atoms with Gasteiger partial charge in [-0.05, 0) is 42.5 Å². The maximum atomic E-state index is 8.75. The van der Waals surface area contributed by atoms with Gasteiger partial charge < -0.3 is 4.74 Å². The molecule has 0 radical (unpaired) electrons. The van der Waals surface area contributed by atoms with Crippen LogP contribution in [0, 0.1) is 22.7 Å². The van der Waals surface area contributed by atoms with Crippen LogP contribution in [0.15, 0.2) is 48.5 Å². The van der Waals surface area contributed by atoms with Crippen LogP contribution in [0.4, 0.5) is 0 Å². The summed E-state index contributed by atoms with van der Waals surface area (Å²) in [5, 5.41) is 17.4. The SMILES string of the molecule is N#Cc1ccc(Oc2cccc(C#N)c2)cc1. The first-order valence-electron chi connectivity index (χ1n) is 5.00. The Balaban J connectivity index is 2.20. The lowest BCUT2D eigenvalue weighted by Crippen LogP contribution is -1.85. The molecule has 0 saturated heterocycles. The second kappa shape index (κ2) is 4.83. The summed E-state index contributed by atoms with van der Waals surface area (Å²) in [7, 11) is 0. The number of benzene rings is 2. The molecule has 0 saturated carbocycles. The van der Waals surface area contributed by atoms with Crippen molar-refractivity contribution in [2.75, 3.05) is 0 Å². The summed E-state index contributed by atoms with van der Waals surface area (Å²) < 4.78 is 5.56. The fourth-order valence-corrected chi connectivity index (χ4v) is 1.36. The van der Waals surface area contributed by atoms with Gasteiger partial charge >= 0.3 is 0 Å². The fourth-order valence-electron chi connectivity index (χ4n) is 1.36. The zero-order chi connectivity index (χ0) is 12.1. The van der Waals surface area contributed by atoms with Crippen molar-refractivity contribution in [3.05, 3.63) is 59.7 Å². The van der Waals surface area contributed by atoms with Crippen molar-refractivity contribution in [3.8, 4) is 23.6 Å². The van der Waals surface area contributed by atoms with Gasteiger partial charge in [-0.3, -0.25) is 0 Å². The van der Waals surface area contributed by atoms with Gasteiger partial charge in [-0.25, -0.2) is 0 Å². The van der Waals surface area contributed by atoms with Crippen LogP contribution in [0.2, 0.25) is 0 Å². The van der Waals surface area contributed by atoms with Crippen LogP contribution in [0.3, 0.4) is 0 Å². The van der Waals surface area contributed by atoms with E-state index in [9.17, 15) is 0 Å². The van der Waals surface area contributed by atoms with E-state index in [2.05, 4.69) is 0 Å². The number of nitriles is 2. The Labute approximate surface area is 99.1 Å². The molecule has 2 aromatic rings. The maximum absolute atomic E-state index is 8.75. The lowest BCUT2D eigenvalue weighted by Gasteiger charge is -2.05. The Bertz CT molecular complexity index is 603. The number of rotatable bonds is 2. The van der Waals surface area contributed by atoms with Crippen LogP contribution in [-0.2, 0) is 0 Å². The molecule has 3 nitrogen and oxygen atoms in total. The molecule has 0 bridgehead atoms. The monoisotopic (exact) mass is 220 g/mol. The Morgan fingerprint density at radius 1 is 0.765 bits per heavy atom. The summed E-state index contributed by atoms with van der Waals surface area (Å²) in [5.41, 5.74) is 1.14. The molecular formula is C14H8N2O. The van der Waals surface area contributed by atoms with Crippen molar-refractivity contribution in [3.63, 3.8) is 0 Å². The van der Waals surface area contributed by atoms with E-state index in [1.165, 1.54) is 0 Å². The molecule has 80 valence electrons. The molecule has 2 rings (SSSR count). The van der Waals surface area contributed by atoms with Crippen LogP contribution in [0.5, 0.6) is 11.5 Å². The number of nitrogens with zero attached hydrogens (tertiary/aromatic N) is 2. The molecule has 0 fully saturated rings. The summed E-state index contributed by atoms with van der Waals surface area (Å²) in [4.78, 5) is 0. The van der Waals surface area contributed by atoms with Gasteiger partial charge in [0, 0.05) is 0 Å². The van der Waals surface area contributed by atoms with E-state index in [0.29, 0.717) is 22.6 Å². The van der Waals surface area contributed by atoms with E-state index in [-0.39, 0.29) is 0 Å². The highest BCUT2D eigenvalue weighted by Gasteiger charge is 1.99. The summed E-state index contributed by atoms with van der Waals surface area (Å²) in [6.07, 6.45) is 0. The minimum absolute atomic E-state index is 0.552. The van der Waals surface area contributed by atoms with Crippen LogP contribution in [0.25, 0.3) is 0 Å². The number of hydrogen-bond acceptors (Lipinski definition) is 3. The van der Waals surface area contributed by atoms with Crippen LogP contribution >= 0.6 is 0 Å². The largest absolute Gasteiger partial charge is 0.457 e. The Morgan fingerprint density at radius 2 is 1.47 bits per heavy atom. The molecule has 0 N–H and O–H groups in total. The van der Waals surface area contributed by atoms with Gasteiger partial charge in [0.15, 0.2) is 0 Å². The highest BCUT2D eigenvalue weighted by molar-refractivity contribution is 5.40. The van der Waals surface area contributed by atoms with E-state index in [1.54, 1.807) is 48.5 Å². The highest BCUT2D eigenvalue weighted by atomic mass is 16.5. The molecule has 0 heterocycles. The average Bonchev–Trinajstić information content (AvgIpc) is 2.40. The maximum Gasteiger partial charge on any atom is 0.128 e. The van der Waals surface area contributed by atoms with Crippen LogP contribution in [-0.4, -0.2) is 0 Å². The summed E-state index contributed by atoms with van der Waals surface area (Å²) >= 11 is 0. The van der Waals surface area contributed by atoms with Crippen molar-refractivity contribution in [1.29, 1.82) is 10.5 Å². The van der Waals surface area contributed by atoms with E-state index >= 15 is 0 Å². The predicted molar refractivity (Wildman–Crippen MR) is 62.4 cm³/mol. The molecule has 17 heavy (non-hydrogen) atoms. The Morgan fingerprint density at radius 3 is 2.12 bits per heavy atom. The molecule has 0 aliphatic heterocycles. The molecule has 2 aromatic carbocycles. The molecule has 0 unspecified atom stereocenters. The molecule has 0 aromatic heterocycles. The van der Waals surface area contributed by atoms with Gasteiger partial charge in [0.05, 0.1) is 23.3 Å². The van der Waals surface area contributed by atoms with Gasteiger partial charge in [-0.1, -0.05) is 6.07 Å².